The largest absolute Gasteiger partial charge is 0.504 e. The lowest BCUT2D eigenvalue weighted by molar-refractivity contribution is -0.151. The van der Waals surface area contributed by atoms with Crippen LogP contribution in [0.2, 0.25) is 0 Å². The first-order chi connectivity index (χ1) is 20.1. The first-order valence-corrected chi connectivity index (χ1v) is 15.3. The van der Waals surface area contributed by atoms with Crippen molar-refractivity contribution in [2.75, 3.05) is 26.7 Å². The van der Waals surface area contributed by atoms with E-state index in [1.807, 2.05) is 0 Å². The van der Waals surface area contributed by atoms with E-state index >= 15 is 0 Å². The average molecular weight is 585 g/mol. The predicted octanol–water partition coefficient (Wildman–Crippen LogP) is 2.22. The van der Waals surface area contributed by atoms with Gasteiger partial charge in [0.1, 0.15) is 12.2 Å². The Balaban J connectivity index is 1.68. The summed E-state index contributed by atoms with van der Waals surface area (Å²) < 4.78 is 12.0. The van der Waals surface area contributed by atoms with Gasteiger partial charge in [-0.05, 0) is 86.7 Å². The van der Waals surface area contributed by atoms with Crippen molar-refractivity contribution < 1.29 is 29.6 Å². The van der Waals surface area contributed by atoms with Gasteiger partial charge in [0.2, 0.25) is 0 Å². The molecule has 10 heteroatoms. The van der Waals surface area contributed by atoms with Gasteiger partial charge >= 0.3 is 5.97 Å². The van der Waals surface area contributed by atoms with Gasteiger partial charge in [-0.2, -0.15) is 0 Å². The molecule has 2 bridgehead atoms. The summed E-state index contributed by atoms with van der Waals surface area (Å²) in [6.45, 7) is 5.58. The smallest absolute Gasteiger partial charge is 0.302 e. The second kappa shape index (κ2) is 14.5. The lowest BCUT2D eigenvalue weighted by Gasteiger charge is -2.45. The van der Waals surface area contributed by atoms with Crippen LogP contribution >= 0.6 is 0 Å². The Labute approximate surface area is 249 Å². The second-order valence-corrected chi connectivity index (χ2v) is 12.3. The van der Waals surface area contributed by atoms with Crippen molar-refractivity contribution in [3.8, 4) is 23.3 Å². The third-order valence-corrected chi connectivity index (χ3v) is 9.44. The number of nitrogens with zero attached hydrogens (tertiary/aromatic N) is 1. The number of phenolic OH excluding ortho intramolecular Hbond substituents is 1. The number of aliphatic hydroxyl groups excluding tert-OH is 2. The molecule has 3 aliphatic rings. The molecule has 42 heavy (non-hydrogen) atoms. The number of carbonyl (C=O) groups excluding carboxylic acids is 1. The molecule has 1 saturated heterocycles. The van der Waals surface area contributed by atoms with Crippen LogP contribution in [0.5, 0.6) is 11.5 Å². The molecule has 1 aliphatic heterocycles. The third-order valence-electron chi connectivity index (χ3n) is 9.44. The standard InChI is InChI=1S/C32H48N4O6/c1-20-6-7-23-17-32(20,19-36-31(33)34-3)10-4-5-22(29(16-27(23)39)41-21(2)38)13-24-15-30(28(40)14-25(24)18-37)42-26-8-11-35-12-9-26/h14-15,20,22-23,26-27,29,35,37,39-40H,5-9,11-13,16-19H2,1-3H3,(H3,33,34,36)/t20-,22-,23+,27+,29-,32+/m0/s1. The number of piperidine rings is 1. The number of hydrogen-bond donors (Lipinski definition) is 6. The topological polar surface area (TPSA) is 159 Å². The third kappa shape index (κ3) is 7.88. The maximum atomic E-state index is 12.2. The number of rotatable bonds is 8. The van der Waals surface area contributed by atoms with Crippen LogP contribution in [0.1, 0.15) is 69.9 Å². The van der Waals surface area contributed by atoms with Gasteiger partial charge < -0.3 is 41.2 Å². The fourth-order valence-electron chi connectivity index (χ4n) is 6.77. The molecule has 0 unspecified atom stereocenters. The molecular formula is C32H48N4O6. The SMILES string of the molecule is CN=C(N)NC[C@]12C#CC[C@@H](Cc3cc(OC4CCNCC4)c(O)cc3CO)[C@@H](OC(C)=O)C[C@@H](O)[C@H](CC[C@@H]1C)C2. The predicted molar refractivity (Wildman–Crippen MR) is 161 cm³/mol. The van der Waals surface area contributed by atoms with Crippen molar-refractivity contribution in [2.45, 2.75) is 90.1 Å². The van der Waals surface area contributed by atoms with E-state index in [4.69, 9.17) is 15.2 Å². The van der Waals surface area contributed by atoms with E-state index in [1.165, 1.54) is 6.92 Å². The number of hydrogen-bond acceptors (Lipinski definition) is 8. The quantitative estimate of drug-likeness (QED) is 0.117. The van der Waals surface area contributed by atoms with Crippen LogP contribution in [0.3, 0.4) is 0 Å². The summed E-state index contributed by atoms with van der Waals surface area (Å²) in [6, 6.07) is 3.35. The van der Waals surface area contributed by atoms with Crippen molar-refractivity contribution in [1.82, 2.24) is 10.6 Å². The highest BCUT2D eigenvalue weighted by Gasteiger charge is 2.44. The zero-order valence-electron chi connectivity index (χ0n) is 25.2. The molecule has 1 aromatic carbocycles. The summed E-state index contributed by atoms with van der Waals surface area (Å²) in [6.07, 6.45) is 4.11. The summed E-state index contributed by atoms with van der Waals surface area (Å²) in [7, 11) is 1.64. The van der Waals surface area contributed by atoms with Crippen molar-refractivity contribution in [3.05, 3.63) is 23.3 Å². The second-order valence-electron chi connectivity index (χ2n) is 12.3. The van der Waals surface area contributed by atoms with E-state index in [0.717, 1.165) is 44.3 Å². The summed E-state index contributed by atoms with van der Waals surface area (Å²) in [4.78, 5) is 16.3. The molecule has 10 nitrogen and oxygen atoms in total. The number of esters is 1. The normalized spacial score (nSPS) is 30.5. The lowest BCUT2D eigenvalue weighted by Crippen LogP contribution is -2.48. The molecule has 1 saturated carbocycles. The van der Waals surface area contributed by atoms with Gasteiger partial charge in [-0.3, -0.25) is 9.79 Å². The highest BCUT2D eigenvalue weighted by molar-refractivity contribution is 5.77. The molecular weight excluding hydrogens is 536 g/mol. The fourth-order valence-corrected chi connectivity index (χ4v) is 6.77. The van der Waals surface area contributed by atoms with Crippen LogP contribution in [0, 0.1) is 35.0 Å². The zero-order valence-corrected chi connectivity index (χ0v) is 25.2. The van der Waals surface area contributed by atoms with Crippen molar-refractivity contribution in [2.24, 2.45) is 33.9 Å². The minimum Gasteiger partial charge on any atom is -0.504 e. The minimum atomic E-state index is -0.670. The fraction of sp³-hybridized carbons (Fsp3) is 0.688. The van der Waals surface area contributed by atoms with Crippen molar-refractivity contribution >= 4 is 11.9 Å². The minimum absolute atomic E-state index is 0.000517. The Morgan fingerprint density at radius 3 is 2.69 bits per heavy atom. The molecule has 1 heterocycles. The number of ether oxygens (including phenoxy) is 2. The van der Waals surface area contributed by atoms with Crippen LogP contribution in [0.15, 0.2) is 17.1 Å². The molecule has 4 rings (SSSR count). The average Bonchev–Trinajstić information content (AvgIpc) is 2.97. The van der Waals surface area contributed by atoms with Crippen LogP contribution in [-0.2, 0) is 22.6 Å². The number of phenols is 1. The Bertz CT molecular complexity index is 1170. The molecule has 0 spiro atoms. The highest BCUT2D eigenvalue weighted by atomic mass is 16.5. The Morgan fingerprint density at radius 2 is 2.00 bits per heavy atom. The van der Waals surface area contributed by atoms with E-state index in [-0.39, 0.29) is 35.7 Å². The van der Waals surface area contributed by atoms with Gasteiger partial charge in [-0.15, -0.1) is 5.92 Å². The van der Waals surface area contributed by atoms with Gasteiger partial charge in [-0.25, -0.2) is 0 Å². The monoisotopic (exact) mass is 584 g/mol. The first-order valence-electron chi connectivity index (χ1n) is 15.3. The van der Waals surface area contributed by atoms with Crippen molar-refractivity contribution in [3.63, 3.8) is 0 Å². The maximum absolute atomic E-state index is 12.2. The summed E-state index contributed by atoms with van der Waals surface area (Å²) in [5.74, 6) is 7.40. The molecule has 232 valence electrons. The number of nitrogens with one attached hydrogen (secondary N) is 2. The molecule has 2 aliphatic carbocycles. The molecule has 2 fully saturated rings. The van der Waals surface area contributed by atoms with E-state index in [2.05, 4.69) is 34.4 Å². The van der Waals surface area contributed by atoms with Gasteiger partial charge in [0.25, 0.3) is 0 Å². The van der Waals surface area contributed by atoms with Crippen LogP contribution in [-0.4, -0.2) is 72.2 Å². The van der Waals surface area contributed by atoms with Gasteiger partial charge in [0.05, 0.1) is 18.1 Å². The Morgan fingerprint density at radius 1 is 1.24 bits per heavy atom. The Hall–Kier alpha value is -3.00. The number of nitrogens with two attached hydrogens (primary N) is 1. The van der Waals surface area contributed by atoms with E-state index in [9.17, 15) is 20.1 Å². The number of aliphatic hydroxyl groups is 2. The number of guanidine groups is 1. The number of benzene rings is 1. The molecule has 7 N–H and O–H groups in total. The van der Waals surface area contributed by atoms with Crippen LogP contribution < -0.4 is 21.1 Å². The molecule has 0 aromatic heterocycles. The summed E-state index contributed by atoms with van der Waals surface area (Å²) in [5, 5.41) is 38.9. The number of fused-ring (bicyclic) bond motifs is 2. The van der Waals surface area contributed by atoms with E-state index in [0.29, 0.717) is 55.4 Å². The van der Waals surface area contributed by atoms with Crippen LogP contribution in [0.4, 0.5) is 0 Å². The van der Waals surface area contributed by atoms with Crippen molar-refractivity contribution in [1.29, 1.82) is 0 Å². The van der Waals surface area contributed by atoms with Gasteiger partial charge in [0, 0.05) is 39.3 Å². The lowest BCUT2D eigenvalue weighted by atomic mass is 9.61. The first kappa shape index (κ1) is 31.9. The molecule has 0 radical (unpaired) electrons. The van der Waals surface area contributed by atoms with Crippen LogP contribution in [0.25, 0.3) is 0 Å². The number of aromatic hydroxyl groups is 1. The molecule has 1 aromatic rings. The summed E-state index contributed by atoms with van der Waals surface area (Å²) >= 11 is 0. The number of aliphatic imine (C=N–C) groups is 1. The maximum Gasteiger partial charge on any atom is 0.302 e. The molecule has 6 atom stereocenters. The van der Waals surface area contributed by atoms with Gasteiger partial charge in [0.15, 0.2) is 17.5 Å². The summed E-state index contributed by atoms with van der Waals surface area (Å²) in [5.41, 5.74) is 6.97. The Kier molecular flexibility index (Phi) is 11.0. The number of carbonyl (C=O) groups is 1. The van der Waals surface area contributed by atoms with Gasteiger partial charge in [-0.1, -0.05) is 12.8 Å². The zero-order chi connectivity index (χ0) is 30.3. The van der Waals surface area contributed by atoms with E-state index in [1.54, 1.807) is 19.2 Å². The highest BCUT2D eigenvalue weighted by Crippen LogP contribution is 2.46. The molecule has 0 amide bonds. The van der Waals surface area contributed by atoms with E-state index < -0.39 is 18.2 Å².